The SMILES string of the molecule is O=C(OC1CCc2cc3ccccc3cc2C1OC(=O)c1ccccc1)c1ccccc1. The van der Waals surface area contributed by atoms with Crippen LogP contribution in [0.1, 0.15) is 44.4 Å². The van der Waals surface area contributed by atoms with Crippen molar-refractivity contribution in [3.63, 3.8) is 0 Å². The van der Waals surface area contributed by atoms with E-state index in [0.717, 1.165) is 28.3 Å². The molecule has 0 heterocycles. The number of fused-ring (bicyclic) bond motifs is 2. The first-order valence-corrected chi connectivity index (χ1v) is 10.7. The molecule has 4 nitrogen and oxygen atoms in total. The Balaban J connectivity index is 1.50. The van der Waals surface area contributed by atoms with Crippen LogP contribution >= 0.6 is 0 Å². The maximum Gasteiger partial charge on any atom is 0.338 e. The zero-order valence-corrected chi connectivity index (χ0v) is 17.4. The van der Waals surface area contributed by atoms with Gasteiger partial charge in [0.25, 0.3) is 0 Å². The Hall–Kier alpha value is -3.92. The van der Waals surface area contributed by atoms with Crippen molar-refractivity contribution in [1.82, 2.24) is 0 Å². The van der Waals surface area contributed by atoms with E-state index < -0.39 is 24.1 Å². The third kappa shape index (κ3) is 4.00. The number of carbonyl (C=O) groups is 2. The largest absolute Gasteiger partial charge is 0.454 e. The fraction of sp³-hybridized carbons (Fsp3) is 0.143. The molecule has 0 radical (unpaired) electrons. The number of aryl methyl sites for hydroxylation is 1. The molecule has 4 aromatic rings. The van der Waals surface area contributed by atoms with Crippen molar-refractivity contribution in [2.45, 2.75) is 25.0 Å². The van der Waals surface area contributed by atoms with E-state index in [0.29, 0.717) is 17.5 Å². The smallest absolute Gasteiger partial charge is 0.338 e. The summed E-state index contributed by atoms with van der Waals surface area (Å²) >= 11 is 0. The van der Waals surface area contributed by atoms with Crippen LogP contribution < -0.4 is 0 Å². The highest BCUT2D eigenvalue weighted by atomic mass is 16.6. The monoisotopic (exact) mass is 422 g/mol. The van der Waals surface area contributed by atoms with Gasteiger partial charge in [-0.25, -0.2) is 9.59 Å². The molecule has 4 aromatic carbocycles. The number of rotatable bonds is 4. The first-order valence-electron chi connectivity index (χ1n) is 10.7. The Morgan fingerprint density at radius 3 is 1.81 bits per heavy atom. The fourth-order valence-corrected chi connectivity index (χ4v) is 4.23. The molecule has 0 saturated carbocycles. The quantitative estimate of drug-likeness (QED) is 0.384. The van der Waals surface area contributed by atoms with Gasteiger partial charge in [0.15, 0.2) is 6.10 Å². The van der Waals surface area contributed by atoms with E-state index in [1.165, 1.54) is 0 Å². The highest BCUT2D eigenvalue weighted by Gasteiger charge is 2.36. The number of carbonyl (C=O) groups excluding carboxylic acids is 2. The summed E-state index contributed by atoms with van der Waals surface area (Å²) < 4.78 is 11.9. The molecule has 0 fully saturated rings. The molecule has 4 heteroatoms. The van der Waals surface area contributed by atoms with Gasteiger partial charge in [0.1, 0.15) is 6.10 Å². The zero-order valence-electron chi connectivity index (χ0n) is 17.4. The molecule has 158 valence electrons. The van der Waals surface area contributed by atoms with E-state index in [-0.39, 0.29) is 0 Å². The first-order chi connectivity index (χ1) is 15.7. The second kappa shape index (κ2) is 8.67. The second-order valence-electron chi connectivity index (χ2n) is 7.94. The lowest BCUT2D eigenvalue weighted by atomic mass is 9.85. The lowest BCUT2D eigenvalue weighted by Gasteiger charge is -2.33. The number of benzene rings is 4. The summed E-state index contributed by atoms with van der Waals surface area (Å²) in [5, 5.41) is 2.20. The van der Waals surface area contributed by atoms with E-state index in [9.17, 15) is 9.59 Å². The van der Waals surface area contributed by atoms with Gasteiger partial charge in [-0.3, -0.25) is 0 Å². The molecule has 0 amide bonds. The van der Waals surface area contributed by atoms with Gasteiger partial charge in [-0.1, -0.05) is 66.7 Å². The van der Waals surface area contributed by atoms with E-state index in [1.807, 2.05) is 30.3 Å². The summed E-state index contributed by atoms with van der Waals surface area (Å²) in [6.07, 6.45) is 0.0795. The van der Waals surface area contributed by atoms with E-state index in [2.05, 4.69) is 18.2 Å². The first kappa shape index (κ1) is 20.0. The average molecular weight is 422 g/mol. The molecule has 1 aliphatic rings. The van der Waals surface area contributed by atoms with Gasteiger partial charge in [0.05, 0.1) is 11.1 Å². The lowest BCUT2D eigenvalue weighted by Crippen LogP contribution is -2.33. The van der Waals surface area contributed by atoms with Crippen LogP contribution in [-0.4, -0.2) is 18.0 Å². The van der Waals surface area contributed by atoms with Gasteiger partial charge in [-0.05, 0) is 59.5 Å². The van der Waals surface area contributed by atoms with E-state index >= 15 is 0 Å². The minimum Gasteiger partial charge on any atom is -0.454 e. The Labute approximate surface area is 186 Å². The average Bonchev–Trinajstić information content (AvgIpc) is 2.85. The van der Waals surface area contributed by atoms with Crippen molar-refractivity contribution >= 4 is 22.7 Å². The molecule has 5 rings (SSSR count). The third-order valence-electron chi connectivity index (χ3n) is 5.86. The number of hydrogen-bond acceptors (Lipinski definition) is 4. The maximum atomic E-state index is 12.9. The van der Waals surface area contributed by atoms with Gasteiger partial charge >= 0.3 is 11.9 Å². The molecule has 0 bridgehead atoms. The Kier molecular flexibility index (Phi) is 5.42. The Morgan fingerprint density at radius 1 is 0.656 bits per heavy atom. The van der Waals surface area contributed by atoms with E-state index in [1.54, 1.807) is 48.5 Å². The Morgan fingerprint density at radius 2 is 1.19 bits per heavy atom. The van der Waals surface area contributed by atoms with Crippen LogP contribution in [0.5, 0.6) is 0 Å². The van der Waals surface area contributed by atoms with E-state index in [4.69, 9.17) is 9.47 Å². The fourth-order valence-electron chi connectivity index (χ4n) is 4.23. The molecule has 0 N–H and O–H groups in total. The van der Waals surface area contributed by atoms with Crippen molar-refractivity contribution in [2.75, 3.05) is 0 Å². The molecular weight excluding hydrogens is 400 g/mol. The topological polar surface area (TPSA) is 52.6 Å². The molecule has 0 aliphatic heterocycles. The van der Waals surface area contributed by atoms with Crippen LogP contribution in [0, 0.1) is 0 Å². The minimum atomic E-state index is -0.677. The van der Waals surface area contributed by atoms with Gasteiger partial charge in [-0.15, -0.1) is 0 Å². The number of ether oxygens (including phenoxy) is 2. The standard InChI is InChI=1S/C28H22O4/c29-27(19-9-3-1-4-10-19)31-25-16-15-23-17-21-13-7-8-14-22(21)18-24(23)26(25)32-28(30)20-11-5-2-6-12-20/h1-14,17-18,25-26H,15-16H2. The van der Waals surface area contributed by atoms with Crippen LogP contribution in [0.15, 0.2) is 97.1 Å². The van der Waals surface area contributed by atoms with Crippen LogP contribution in [-0.2, 0) is 15.9 Å². The predicted octanol–water partition coefficient (Wildman–Crippen LogP) is 5.91. The van der Waals surface area contributed by atoms with Gasteiger partial charge in [0, 0.05) is 5.56 Å². The summed E-state index contributed by atoms with van der Waals surface area (Å²) in [6, 6.07) is 30.1. The van der Waals surface area contributed by atoms with Crippen LogP contribution in [0.3, 0.4) is 0 Å². The lowest BCUT2D eigenvalue weighted by molar-refractivity contribution is -0.0436. The van der Waals surface area contributed by atoms with Gasteiger partial charge < -0.3 is 9.47 Å². The van der Waals surface area contributed by atoms with Crippen molar-refractivity contribution in [3.8, 4) is 0 Å². The van der Waals surface area contributed by atoms with Crippen molar-refractivity contribution in [1.29, 1.82) is 0 Å². The highest BCUT2D eigenvalue weighted by Crippen LogP contribution is 2.38. The normalized spacial score (nSPS) is 17.4. The van der Waals surface area contributed by atoms with Crippen molar-refractivity contribution in [3.05, 3.63) is 119 Å². The molecular formula is C28H22O4. The van der Waals surface area contributed by atoms with Crippen LogP contribution in [0.4, 0.5) is 0 Å². The summed E-state index contributed by atoms with van der Waals surface area (Å²) in [6.45, 7) is 0. The molecule has 0 aromatic heterocycles. The molecule has 32 heavy (non-hydrogen) atoms. The summed E-state index contributed by atoms with van der Waals surface area (Å²) in [5.74, 6) is -0.849. The molecule has 0 spiro atoms. The van der Waals surface area contributed by atoms with Crippen LogP contribution in [0.25, 0.3) is 10.8 Å². The minimum absolute atomic E-state index is 0.416. The molecule has 2 atom stereocenters. The van der Waals surface area contributed by atoms with Gasteiger partial charge in [-0.2, -0.15) is 0 Å². The number of esters is 2. The Bertz CT molecular complexity index is 1260. The third-order valence-corrected chi connectivity index (χ3v) is 5.86. The zero-order chi connectivity index (χ0) is 21.9. The molecule has 1 aliphatic carbocycles. The number of hydrogen-bond donors (Lipinski definition) is 0. The molecule has 0 saturated heterocycles. The highest BCUT2D eigenvalue weighted by molar-refractivity contribution is 5.91. The van der Waals surface area contributed by atoms with Crippen LogP contribution in [0.2, 0.25) is 0 Å². The van der Waals surface area contributed by atoms with Crippen molar-refractivity contribution < 1.29 is 19.1 Å². The van der Waals surface area contributed by atoms with Crippen molar-refractivity contribution in [2.24, 2.45) is 0 Å². The predicted molar refractivity (Wildman–Crippen MR) is 123 cm³/mol. The summed E-state index contributed by atoms with van der Waals surface area (Å²) in [7, 11) is 0. The van der Waals surface area contributed by atoms with Gasteiger partial charge in [0.2, 0.25) is 0 Å². The second-order valence-corrected chi connectivity index (χ2v) is 7.94. The maximum absolute atomic E-state index is 12.9. The summed E-state index contributed by atoms with van der Waals surface area (Å²) in [5.41, 5.74) is 2.95. The summed E-state index contributed by atoms with van der Waals surface area (Å²) in [4.78, 5) is 25.7. The molecule has 2 unspecified atom stereocenters.